The molecule has 1 aliphatic heterocycles. The van der Waals surface area contributed by atoms with Crippen LogP contribution in [0.25, 0.3) is 11.1 Å². The summed E-state index contributed by atoms with van der Waals surface area (Å²) in [7, 11) is 0. The van der Waals surface area contributed by atoms with Crippen molar-refractivity contribution in [3.63, 3.8) is 0 Å². The maximum absolute atomic E-state index is 14.6. The molecule has 2 N–H and O–H groups in total. The van der Waals surface area contributed by atoms with Crippen molar-refractivity contribution in [3.8, 4) is 16.9 Å². The highest BCUT2D eigenvalue weighted by molar-refractivity contribution is 9.10. The Hall–Kier alpha value is -4.43. The van der Waals surface area contributed by atoms with Crippen molar-refractivity contribution in [1.82, 2.24) is 5.32 Å². The van der Waals surface area contributed by atoms with Crippen LogP contribution >= 0.6 is 27.5 Å². The minimum absolute atomic E-state index is 0.0660. The van der Waals surface area contributed by atoms with Gasteiger partial charge in [0, 0.05) is 41.1 Å². The second-order valence-electron chi connectivity index (χ2n) is 11.6. The van der Waals surface area contributed by atoms with E-state index in [1.807, 2.05) is 103 Å². The highest BCUT2D eigenvalue weighted by Crippen LogP contribution is 2.44. The molecule has 5 aromatic rings. The number of rotatable bonds is 13. The summed E-state index contributed by atoms with van der Waals surface area (Å²) in [6, 6.07) is 41.3. The van der Waals surface area contributed by atoms with E-state index >= 15 is 0 Å². The van der Waals surface area contributed by atoms with Gasteiger partial charge in [0.25, 0.3) is 5.91 Å². The van der Waals surface area contributed by atoms with Crippen molar-refractivity contribution in [3.05, 3.63) is 159 Å². The van der Waals surface area contributed by atoms with Gasteiger partial charge >= 0.3 is 0 Å². The third-order valence-corrected chi connectivity index (χ3v) is 9.55. The Labute approximate surface area is 294 Å². The van der Waals surface area contributed by atoms with Gasteiger partial charge in [0.2, 0.25) is 5.90 Å². The van der Waals surface area contributed by atoms with E-state index in [2.05, 4.69) is 45.5 Å². The summed E-state index contributed by atoms with van der Waals surface area (Å²) in [5, 5.41) is 13.0. The zero-order valence-electron chi connectivity index (χ0n) is 26.3. The first kappa shape index (κ1) is 33.5. The van der Waals surface area contributed by atoms with Gasteiger partial charge in [-0.1, -0.05) is 119 Å². The number of hydrogen-bond donors (Lipinski definition) is 2. The molecule has 1 amide bonds. The Morgan fingerprint density at radius 1 is 0.833 bits per heavy atom. The Balaban J connectivity index is 1.39. The number of carbonyl (C=O) groups is 1. The van der Waals surface area contributed by atoms with E-state index in [0.717, 1.165) is 37.9 Å². The highest BCUT2D eigenvalue weighted by Gasteiger charge is 2.53. The number of nitrogens with one attached hydrogen (secondary N) is 1. The quantitative estimate of drug-likeness (QED) is 0.120. The fraction of sp³-hybridized carbons (Fsp3) is 0.200. The molecule has 0 aromatic heterocycles. The molecule has 0 aliphatic carbocycles. The third-order valence-electron chi connectivity index (χ3n) is 8.41. The van der Waals surface area contributed by atoms with E-state index in [1.54, 1.807) is 0 Å². The van der Waals surface area contributed by atoms with Crippen LogP contribution in [0, 0.1) is 0 Å². The molecular formula is C40H36BrClN2O4. The van der Waals surface area contributed by atoms with Gasteiger partial charge in [-0.3, -0.25) is 4.79 Å². The Kier molecular flexibility index (Phi) is 10.9. The van der Waals surface area contributed by atoms with Crippen LogP contribution in [0.5, 0.6) is 5.75 Å². The van der Waals surface area contributed by atoms with Gasteiger partial charge in [-0.2, -0.15) is 0 Å². The van der Waals surface area contributed by atoms with Crippen molar-refractivity contribution in [2.24, 2.45) is 4.99 Å². The van der Waals surface area contributed by atoms with Crippen LogP contribution in [0.2, 0.25) is 5.02 Å². The number of hydrogen-bond acceptors (Lipinski definition) is 5. The van der Waals surface area contributed by atoms with Crippen LogP contribution < -0.4 is 10.1 Å². The van der Waals surface area contributed by atoms with Crippen LogP contribution in [0.15, 0.2) is 137 Å². The SMILES string of the molecule is O=C(NCCc1ccccc1Cl)[C@]1(Cc2ccccc2Br)N=C(c2ccc(OCCCO)cc2)O[C@@H]1c1ccc(-c2ccccc2)cc1. The second-order valence-corrected chi connectivity index (χ2v) is 12.9. The standard InChI is InChI=1S/C40H36BrClN2O4/c41-35-13-6-4-12-33(35)27-40(39(46)43-24-23-30-11-5-7-14-36(30)42)37(31-17-15-29(16-18-31)28-9-2-1-3-10-28)48-38(44-40)32-19-21-34(22-20-32)47-26-8-25-45/h1-7,9-22,37,45H,8,23-27H2,(H,43,46)/t37-,40-/m1/s1. The van der Waals surface area contributed by atoms with Gasteiger partial charge in [0.05, 0.1) is 6.61 Å². The summed E-state index contributed by atoms with van der Waals surface area (Å²) >= 11 is 10.1. The molecule has 5 aromatic carbocycles. The monoisotopic (exact) mass is 722 g/mol. The van der Waals surface area contributed by atoms with E-state index < -0.39 is 11.6 Å². The number of amides is 1. The maximum atomic E-state index is 14.6. The van der Waals surface area contributed by atoms with Crippen LogP contribution in [0.1, 0.15) is 34.8 Å². The molecule has 0 spiro atoms. The molecule has 8 heteroatoms. The molecule has 0 fully saturated rings. The van der Waals surface area contributed by atoms with Crippen LogP contribution in [0.3, 0.4) is 0 Å². The molecule has 48 heavy (non-hydrogen) atoms. The van der Waals surface area contributed by atoms with Gasteiger partial charge in [0.1, 0.15) is 5.75 Å². The Bertz CT molecular complexity index is 1870. The van der Waals surface area contributed by atoms with E-state index in [9.17, 15) is 4.79 Å². The fourth-order valence-corrected chi connectivity index (χ4v) is 6.52. The lowest BCUT2D eigenvalue weighted by molar-refractivity contribution is -0.128. The van der Waals surface area contributed by atoms with Gasteiger partial charge < -0.3 is 19.9 Å². The predicted octanol–water partition coefficient (Wildman–Crippen LogP) is 8.39. The van der Waals surface area contributed by atoms with Crippen molar-refractivity contribution in [2.45, 2.75) is 30.9 Å². The molecule has 2 atom stereocenters. The normalized spacial score (nSPS) is 17.0. The van der Waals surface area contributed by atoms with Gasteiger partial charge in [0.15, 0.2) is 11.6 Å². The third kappa shape index (κ3) is 7.65. The van der Waals surface area contributed by atoms with Crippen molar-refractivity contribution >= 4 is 39.3 Å². The molecule has 0 radical (unpaired) electrons. The second kappa shape index (κ2) is 15.6. The summed E-state index contributed by atoms with van der Waals surface area (Å²) in [6.45, 7) is 0.860. The van der Waals surface area contributed by atoms with E-state index in [0.29, 0.717) is 49.1 Å². The minimum atomic E-state index is -1.33. The van der Waals surface area contributed by atoms with E-state index in [4.69, 9.17) is 31.2 Å². The van der Waals surface area contributed by atoms with Crippen molar-refractivity contribution < 1.29 is 19.4 Å². The zero-order valence-corrected chi connectivity index (χ0v) is 28.7. The number of ether oxygens (including phenoxy) is 2. The predicted molar refractivity (Wildman–Crippen MR) is 195 cm³/mol. The first-order valence-corrected chi connectivity index (χ1v) is 17.1. The molecule has 6 rings (SSSR count). The molecule has 6 nitrogen and oxygen atoms in total. The average molecular weight is 724 g/mol. The fourth-order valence-electron chi connectivity index (χ4n) is 5.86. The van der Waals surface area contributed by atoms with E-state index in [1.165, 1.54) is 0 Å². The largest absolute Gasteiger partial charge is 0.494 e. The summed E-state index contributed by atoms with van der Waals surface area (Å²) in [4.78, 5) is 19.8. The number of aliphatic hydroxyl groups is 1. The van der Waals surface area contributed by atoms with Gasteiger partial charge in [-0.15, -0.1) is 0 Å². The molecule has 0 saturated carbocycles. The number of aliphatic imine (C=N–C) groups is 1. The van der Waals surface area contributed by atoms with Gasteiger partial charge in [-0.05, 0) is 70.6 Å². The van der Waals surface area contributed by atoms with Crippen LogP contribution in [-0.4, -0.2) is 42.2 Å². The number of carbonyl (C=O) groups excluding carboxylic acids is 1. The highest BCUT2D eigenvalue weighted by atomic mass is 79.9. The molecule has 244 valence electrons. The smallest absolute Gasteiger partial charge is 0.252 e. The van der Waals surface area contributed by atoms with Gasteiger partial charge in [-0.25, -0.2) is 4.99 Å². The molecular weight excluding hydrogens is 688 g/mol. The lowest BCUT2D eigenvalue weighted by Gasteiger charge is -2.31. The molecule has 1 heterocycles. The molecule has 0 saturated heterocycles. The topological polar surface area (TPSA) is 80.2 Å². The number of benzene rings is 5. The van der Waals surface area contributed by atoms with E-state index in [-0.39, 0.29) is 12.5 Å². The van der Waals surface area contributed by atoms with Crippen molar-refractivity contribution in [2.75, 3.05) is 19.8 Å². The first-order valence-electron chi connectivity index (χ1n) is 16.0. The molecule has 0 unspecified atom stereocenters. The maximum Gasteiger partial charge on any atom is 0.252 e. The van der Waals surface area contributed by atoms with Crippen molar-refractivity contribution in [1.29, 1.82) is 0 Å². The first-order chi connectivity index (χ1) is 23.5. The lowest BCUT2D eigenvalue weighted by atomic mass is 9.81. The Morgan fingerprint density at radius 2 is 1.48 bits per heavy atom. The molecule has 1 aliphatic rings. The zero-order chi connectivity index (χ0) is 33.3. The lowest BCUT2D eigenvalue weighted by Crippen LogP contribution is -2.50. The Morgan fingerprint density at radius 3 is 2.19 bits per heavy atom. The summed E-state index contributed by atoms with van der Waals surface area (Å²) in [6.07, 6.45) is 0.696. The summed E-state index contributed by atoms with van der Waals surface area (Å²) < 4.78 is 13.4. The summed E-state index contributed by atoms with van der Waals surface area (Å²) in [5.74, 6) is 0.819. The number of nitrogens with zero attached hydrogens (tertiary/aromatic N) is 1. The average Bonchev–Trinajstić information content (AvgIpc) is 3.51. The minimum Gasteiger partial charge on any atom is -0.494 e. The van der Waals surface area contributed by atoms with Crippen LogP contribution in [-0.2, 0) is 22.4 Å². The number of halogens is 2. The molecule has 0 bridgehead atoms. The summed E-state index contributed by atoms with van der Waals surface area (Å²) in [5.41, 5.74) is 4.30. The van der Waals surface area contributed by atoms with Crippen LogP contribution in [0.4, 0.5) is 0 Å². The number of aliphatic hydroxyl groups excluding tert-OH is 1.